The van der Waals surface area contributed by atoms with E-state index in [0.29, 0.717) is 0 Å². The van der Waals surface area contributed by atoms with Crippen LogP contribution in [0.15, 0.2) is 29.6 Å². The molecule has 1 aromatic carbocycles. The lowest BCUT2D eigenvalue weighted by atomic mass is 10.0. The van der Waals surface area contributed by atoms with Gasteiger partial charge in [-0.25, -0.2) is 18.6 Å². The average molecular weight is 314 g/mol. The van der Waals surface area contributed by atoms with Gasteiger partial charge in [-0.15, -0.1) is 22.7 Å². The third-order valence-electron chi connectivity index (χ3n) is 2.99. The Bertz CT molecular complexity index is 738. The predicted molar refractivity (Wildman–Crippen MR) is 75.2 cm³/mol. The molecule has 3 aromatic rings. The molecule has 0 fully saturated rings. The summed E-state index contributed by atoms with van der Waals surface area (Å²) in [5.74, 6) is 1.54. The third-order valence-corrected chi connectivity index (χ3v) is 5.14. The second-order valence-corrected chi connectivity index (χ2v) is 6.23. The molecule has 3 N–H and O–H groups in total. The van der Waals surface area contributed by atoms with Crippen LogP contribution in [-0.4, -0.2) is 0 Å². The van der Waals surface area contributed by atoms with Crippen LogP contribution < -0.4 is 11.3 Å². The van der Waals surface area contributed by atoms with Crippen molar-refractivity contribution in [1.29, 1.82) is 0 Å². The van der Waals surface area contributed by atoms with E-state index in [1.165, 1.54) is 17.4 Å². The molecule has 0 saturated carbocycles. The SMILES string of the molecule is NNC(c1cc2sccc2s1)c1ccc(F)c(F)c1F. The van der Waals surface area contributed by atoms with Gasteiger partial charge in [0.05, 0.1) is 6.04 Å². The first kappa shape index (κ1) is 13.6. The minimum absolute atomic E-state index is 0.0136. The Morgan fingerprint density at radius 1 is 1.05 bits per heavy atom. The van der Waals surface area contributed by atoms with Crippen LogP contribution in [-0.2, 0) is 0 Å². The number of thiophene rings is 2. The largest absolute Gasteiger partial charge is 0.271 e. The Morgan fingerprint density at radius 2 is 1.85 bits per heavy atom. The minimum atomic E-state index is -1.49. The lowest BCUT2D eigenvalue weighted by Crippen LogP contribution is -2.29. The van der Waals surface area contributed by atoms with E-state index in [9.17, 15) is 13.2 Å². The zero-order valence-corrected chi connectivity index (χ0v) is 11.6. The number of nitrogens with one attached hydrogen (secondary N) is 1. The Balaban J connectivity index is 2.10. The van der Waals surface area contributed by atoms with Crippen molar-refractivity contribution in [3.63, 3.8) is 0 Å². The Kier molecular flexibility index (Phi) is 3.51. The summed E-state index contributed by atoms with van der Waals surface area (Å²) < 4.78 is 42.3. The van der Waals surface area contributed by atoms with Crippen LogP contribution in [0.2, 0.25) is 0 Å². The van der Waals surface area contributed by atoms with Crippen LogP contribution in [0.1, 0.15) is 16.5 Å². The number of hydrogen-bond donors (Lipinski definition) is 2. The first-order valence-electron chi connectivity index (χ1n) is 5.68. The number of hydrogen-bond acceptors (Lipinski definition) is 4. The summed E-state index contributed by atoms with van der Waals surface area (Å²) in [6.07, 6.45) is 0. The van der Waals surface area contributed by atoms with Crippen LogP contribution in [0.3, 0.4) is 0 Å². The van der Waals surface area contributed by atoms with Gasteiger partial charge in [-0.3, -0.25) is 5.84 Å². The summed E-state index contributed by atoms with van der Waals surface area (Å²) in [6.45, 7) is 0. The van der Waals surface area contributed by atoms with Gasteiger partial charge >= 0.3 is 0 Å². The van der Waals surface area contributed by atoms with Crippen molar-refractivity contribution in [2.45, 2.75) is 6.04 Å². The van der Waals surface area contributed by atoms with Gasteiger partial charge in [-0.05, 0) is 23.6 Å². The van der Waals surface area contributed by atoms with Crippen molar-refractivity contribution in [1.82, 2.24) is 5.43 Å². The third kappa shape index (κ3) is 2.12. The molecule has 0 bridgehead atoms. The van der Waals surface area contributed by atoms with Crippen molar-refractivity contribution in [3.05, 3.63) is 57.5 Å². The lowest BCUT2D eigenvalue weighted by molar-refractivity contribution is 0.434. The van der Waals surface area contributed by atoms with E-state index in [1.807, 2.05) is 17.5 Å². The van der Waals surface area contributed by atoms with Crippen molar-refractivity contribution < 1.29 is 13.2 Å². The molecule has 0 aliphatic carbocycles. The normalized spacial score (nSPS) is 13.0. The number of nitrogens with two attached hydrogens (primary N) is 1. The van der Waals surface area contributed by atoms with Crippen LogP contribution in [0.4, 0.5) is 13.2 Å². The van der Waals surface area contributed by atoms with Crippen molar-refractivity contribution >= 4 is 32.1 Å². The quantitative estimate of drug-likeness (QED) is 0.437. The van der Waals surface area contributed by atoms with Gasteiger partial charge in [0, 0.05) is 19.8 Å². The summed E-state index contributed by atoms with van der Waals surface area (Å²) in [5, 5.41) is 1.95. The fraction of sp³-hybridized carbons (Fsp3) is 0.0769. The monoisotopic (exact) mass is 314 g/mol. The highest BCUT2D eigenvalue weighted by atomic mass is 32.1. The first-order chi connectivity index (χ1) is 9.61. The van der Waals surface area contributed by atoms with Crippen molar-refractivity contribution in [2.75, 3.05) is 0 Å². The molecule has 0 radical (unpaired) electrons. The summed E-state index contributed by atoms with van der Waals surface area (Å²) in [5.41, 5.74) is 2.45. The summed E-state index contributed by atoms with van der Waals surface area (Å²) >= 11 is 2.99. The van der Waals surface area contributed by atoms with Gasteiger partial charge in [0.2, 0.25) is 0 Å². The van der Waals surface area contributed by atoms with Crippen LogP contribution >= 0.6 is 22.7 Å². The van der Waals surface area contributed by atoms with E-state index >= 15 is 0 Å². The first-order valence-corrected chi connectivity index (χ1v) is 7.38. The van der Waals surface area contributed by atoms with Gasteiger partial charge in [-0.2, -0.15) is 0 Å². The number of halogens is 3. The molecule has 7 heteroatoms. The Labute approximate surface area is 120 Å². The molecule has 0 saturated heterocycles. The predicted octanol–water partition coefficient (Wildman–Crippen LogP) is 3.93. The van der Waals surface area contributed by atoms with Crippen LogP contribution in [0.25, 0.3) is 9.40 Å². The van der Waals surface area contributed by atoms with Crippen LogP contribution in [0.5, 0.6) is 0 Å². The summed E-state index contributed by atoms with van der Waals surface area (Å²) in [6, 6.07) is 5.20. The molecule has 2 aromatic heterocycles. The zero-order valence-electron chi connectivity index (χ0n) is 9.99. The van der Waals surface area contributed by atoms with Crippen LogP contribution in [0, 0.1) is 17.5 Å². The molecule has 20 heavy (non-hydrogen) atoms. The van der Waals surface area contributed by atoms with Gasteiger partial charge in [-0.1, -0.05) is 6.07 Å². The highest BCUT2D eigenvalue weighted by Crippen LogP contribution is 2.36. The molecule has 0 amide bonds. The Morgan fingerprint density at radius 3 is 2.55 bits per heavy atom. The lowest BCUT2D eigenvalue weighted by Gasteiger charge is -2.15. The summed E-state index contributed by atoms with van der Waals surface area (Å²) in [4.78, 5) is 0.749. The highest BCUT2D eigenvalue weighted by Gasteiger charge is 2.23. The molecule has 2 heterocycles. The molecule has 104 valence electrons. The molecule has 0 spiro atoms. The van der Waals surface area contributed by atoms with E-state index < -0.39 is 23.5 Å². The van der Waals surface area contributed by atoms with E-state index in [1.54, 1.807) is 11.3 Å². The van der Waals surface area contributed by atoms with Gasteiger partial charge in [0.15, 0.2) is 17.5 Å². The second kappa shape index (κ2) is 5.17. The number of hydrazine groups is 1. The molecule has 2 nitrogen and oxygen atoms in total. The summed E-state index contributed by atoms with van der Waals surface area (Å²) in [7, 11) is 0. The standard InChI is InChI=1S/C13H9F3N2S2/c14-7-2-1-6(11(15)12(7)16)13(18-17)10-5-9-8(20-10)3-4-19-9/h1-5,13,18H,17H2. The van der Waals surface area contributed by atoms with Crippen molar-refractivity contribution in [2.24, 2.45) is 5.84 Å². The van der Waals surface area contributed by atoms with Gasteiger partial charge < -0.3 is 0 Å². The van der Waals surface area contributed by atoms with E-state index in [0.717, 1.165) is 20.3 Å². The molecule has 0 aliphatic rings. The van der Waals surface area contributed by atoms with E-state index in [2.05, 4.69) is 5.43 Å². The second-order valence-electron chi connectivity index (χ2n) is 4.16. The maximum absolute atomic E-state index is 13.9. The fourth-order valence-electron chi connectivity index (χ4n) is 2.02. The maximum atomic E-state index is 13.9. The van der Waals surface area contributed by atoms with E-state index in [-0.39, 0.29) is 5.56 Å². The fourth-order valence-corrected chi connectivity index (χ4v) is 4.21. The Hall–Kier alpha value is -1.41. The average Bonchev–Trinajstić information content (AvgIpc) is 3.00. The molecular formula is C13H9F3N2S2. The number of fused-ring (bicyclic) bond motifs is 1. The molecule has 0 aliphatic heterocycles. The topological polar surface area (TPSA) is 38.0 Å². The smallest absolute Gasteiger partial charge is 0.194 e. The van der Waals surface area contributed by atoms with E-state index in [4.69, 9.17) is 5.84 Å². The number of rotatable bonds is 3. The minimum Gasteiger partial charge on any atom is -0.271 e. The number of benzene rings is 1. The molecule has 1 unspecified atom stereocenters. The zero-order chi connectivity index (χ0) is 14.3. The van der Waals surface area contributed by atoms with Gasteiger partial charge in [0.25, 0.3) is 0 Å². The molecule has 1 atom stereocenters. The molecular weight excluding hydrogens is 305 g/mol. The van der Waals surface area contributed by atoms with Gasteiger partial charge in [0.1, 0.15) is 0 Å². The highest BCUT2D eigenvalue weighted by molar-refractivity contribution is 7.27. The maximum Gasteiger partial charge on any atom is 0.194 e. The van der Waals surface area contributed by atoms with Crippen molar-refractivity contribution in [3.8, 4) is 0 Å². The molecule has 3 rings (SSSR count).